The second kappa shape index (κ2) is 8.37. The molecule has 1 saturated heterocycles. The van der Waals surface area contributed by atoms with Gasteiger partial charge in [0.1, 0.15) is 6.04 Å². The summed E-state index contributed by atoms with van der Waals surface area (Å²) >= 11 is 1.27. The molecule has 1 aliphatic heterocycles. The molecule has 3 aromatic rings. The maximum Gasteiger partial charge on any atom is 0.244 e. The van der Waals surface area contributed by atoms with Gasteiger partial charge in [-0.05, 0) is 50.1 Å². The first kappa shape index (κ1) is 21.4. The molecule has 1 aromatic heterocycles. The minimum absolute atomic E-state index is 0.173. The smallest absolute Gasteiger partial charge is 0.244 e. The number of rotatable bonds is 5. The molecule has 0 unspecified atom stereocenters. The molecule has 162 valence electrons. The second-order valence-electron chi connectivity index (χ2n) is 7.46. The van der Waals surface area contributed by atoms with Crippen molar-refractivity contribution in [3.8, 4) is 0 Å². The van der Waals surface area contributed by atoms with E-state index in [2.05, 4.69) is 15.6 Å². The van der Waals surface area contributed by atoms with Crippen LogP contribution < -0.4 is 10.6 Å². The fourth-order valence-electron chi connectivity index (χ4n) is 3.58. The highest BCUT2D eigenvalue weighted by molar-refractivity contribution is 7.89. The van der Waals surface area contributed by atoms with E-state index >= 15 is 0 Å². The lowest BCUT2D eigenvalue weighted by molar-refractivity contribution is -0.119. The van der Waals surface area contributed by atoms with E-state index in [1.54, 1.807) is 42.5 Å². The third-order valence-electron chi connectivity index (χ3n) is 5.07. The van der Waals surface area contributed by atoms with Crippen LogP contribution in [0.25, 0.3) is 10.2 Å². The molecular weight excluding hydrogens is 436 g/mol. The SMILES string of the molecule is CC(=O)Nc1ccc2nc(NC(=O)[C@@H]3CCCN3S(=O)(=O)c3ccc(C)cc3)sc2c1. The Bertz CT molecular complexity index is 1250. The number of aromatic nitrogens is 1. The predicted octanol–water partition coefficient (Wildman–Crippen LogP) is 3.35. The molecule has 2 amide bonds. The van der Waals surface area contributed by atoms with Crippen molar-refractivity contribution in [3.63, 3.8) is 0 Å². The summed E-state index contributed by atoms with van der Waals surface area (Å²) in [5, 5.41) is 5.87. The van der Waals surface area contributed by atoms with E-state index in [-0.39, 0.29) is 10.8 Å². The number of aryl methyl sites for hydroxylation is 1. The zero-order chi connectivity index (χ0) is 22.2. The lowest BCUT2D eigenvalue weighted by Crippen LogP contribution is -2.43. The Kier molecular flexibility index (Phi) is 5.78. The third-order valence-corrected chi connectivity index (χ3v) is 7.93. The lowest BCUT2D eigenvalue weighted by Gasteiger charge is -2.23. The minimum atomic E-state index is -3.77. The first-order valence-corrected chi connectivity index (χ1v) is 12.1. The highest BCUT2D eigenvalue weighted by atomic mass is 32.2. The largest absolute Gasteiger partial charge is 0.326 e. The Balaban J connectivity index is 1.53. The molecule has 31 heavy (non-hydrogen) atoms. The molecule has 1 atom stereocenters. The van der Waals surface area contributed by atoms with Crippen LogP contribution in [-0.4, -0.2) is 42.1 Å². The van der Waals surface area contributed by atoms with Gasteiger partial charge in [-0.25, -0.2) is 13.4 Å². The molecule has 0 bridgehead atoms. The number of fused-ring (bicyclic) bond motifs is 1. The zero-order valence-corrected chi connectivity index (χ0v) is 18.7. The van der Waals surface area contributed by atoms with Gasteiger partial charge in [-0.15, -0.1) is 0 Å². The van der Waals surface area contributed by atoms with Crippen molar-refractivity contribution >= 4 is 54.2 Å². The average molecular weight is 459 g/mol. The summed E-state index contributed by atoms with van der Waals surface area (Å²) in [4.78, 5) is 28.8. The summed E-state index contributed by atoms with van der Waals surface area (Å²) in [5.74, 6) is -0.567. The number of nitrogens with zero attached hydrogens (tertiary/aromatic N) is 2. The normalized spacial score (nSPS) is 17.0. The number of sulfonamides is 1. The average Bonchev–Trinajstić information content (AvgIpc) is 3.34. The first-order valence-electron chi connectivity index (χ1n) is 9.81. The summed E-state index contributed by atoms with van der Waals surface area (Å²) in [6.07, 6.45) is 1.07. The van der Waals surface area contributed by atoms with E-state index in [1.807, 2.05) is 6.92 Å². The standard InChI is InChI=1S/C21H22N4O4S2/c1-13-5-8-16(9-6-13)31(28,29)25-11-3-4-18(25)20(27)24-21-23-17-10-7-15(22-14(2)26)12-19(17)30-21/h5-10,12,18H,3-4,11H2,1-2H3,(H,22,26)(H,23,24,27)/t18-/m0/s1. The fraction of sp³-hybridized carbons (Fsp3) is 0.286. The first-order chi connectivity index (χ1) is 14.7. The van der Waals surface area contributed by atoms with Crippen LogP contribution in [0.2, 0.25) is 0 Å². The van der Waals surface area contributed by atoms with E-state index in [0.717, 1.165) is 10.3 Å². The van der Waals surface area contributed by atoms with Crippen LogP contribution >= 0.6 is 11.3 Å². The van der Waals surface area contributed by atoms with Gasteiger partial charge in [-0.2, -0.15) is 4.31 Å². The van der Waals surface area contributed by atoms with E-state index in [1.165, 1.54) is 22.6 Å². The molecule has 2 N–H and O–H groups in total. The van der Waals surface area contributed by atoms with Gasteiger partial charge in [-0.3, -0.25) is 9.59 Å². The van der Waals surface area contributed by atoms with Crippen LogP contribution in [0.1, 0.15) is 25.3 Å². The van der Waals surface area contributed by atoms with Crippen molar-refractivity contribution in [3.05, 3.63) is 48.0 Å². The summed E-state index contributed by atoms with van der Waals surface area (Å²) < 4.78 is 28.2. The molecular formula is C21H22N4O4S2. The van der Waals surface area contributed by atoms with Crippen LogP contribution in [0.4, 0.5) is 10.8 Å². The number of hydrogen-bond acceptors (Lipinski definition) is 6. The third kappa shape index (κ3) is 4.46. The topological polar surface area (TPSA) is 108 Å². The Hall–Kier alpha value is -2.82. The maximum absolute atomic E-state index is 13.1. The Morgan fingerprint density at radius 3 is 2.58 bits per heavy atom. The van der Waals surface area contributed by atoms with E-state index in [4.69, 9.17) is 0 Å². The van der Waals surface area contributed by atoms with Gasteiger partial charge in [0.25, 0.3) is 0 Å². The molecule has 4 rings (SSSR count). The van der Waals surface area contributed by atoms with Gasteiger partial charge in [0.15, 0.2) is 5.13 Å². The van der Waals surface area contributed by atoms with Crippen LogP contribution in [0.3, 0.4) is 0 Å². The quantitative estimate of drug-likeness (QED) is 0.609. The van der Waals surface area contributed by atoms with Crippen molar-refractivity contribution in [2.45, 2.75) is 37.6 Å². The Morgan fingerprint density at radius 2 is 1.87 bits per heavy atom. The Morgan fingerprint density at radius 1 is 1.13 bits per heavy atom. The molecule has 0 aliphatic carbocycles. The fourth-order valence-corrected chi connectivity index (χ4v) is 6.15. The van der Waals surface area contributed by atoms with Crippen molar-refractivity contribution in [1.82, 2.24) is 9.29 Å². The second-order valence-corrected chi connectivity index (χ2v) is 10.4. The van der Waals surface area contributed by atoms with Gasteiger partial charge < -0.3 is 10.6 Å². The molecule has 10 heteroatoms. The highest BCUT2D eigenvalue weighted by Crippen LogP contribution is 2.31. The van der Waals surface area contributed by atoms with Crippen LogP contribution in [0.15, 0.2) is 47.4 Å². The number of benzene rings is 2. The molecule has 1 fully saturated rings. The Labute approximate surface area is 184 Å². The molecule has 8 nitrogen and oxygen atoms in total. The molecule has 1 aliphatic rings. The van der Waals surface area contributed by atoms with Gasteiger partial charge in [0.05, 0.1) is 15.1 Å². The van der Waals surface area contributed by atoms with Gasteiger partial charge >= 0.3 is 0 Å². The van der Waals surface area contributed by atoms with Crippen LogP contribution in [0, 0.1) is 6.92 Å². The number of amides is 2. The number of anilines is 2. The predicted molar refractivity (Wildman–Crippen MR) is 121 cm³/mol. The molecule has 2 heterocycles. The molecule has 0 spiro atoms. The van der Waals surface area contributed by atoms with E-state index in [9.17, 15) is 18.0 Å². The van der Waals surface area contributed by atoms with Crippen molar-refractivity contribution in [2.75, 3.05) is 17.2 Å². The number of carbonyl (C=O) groups is 2. The van der Waals surface area contributed by atoms with Gasteiger partial charge in [-0.1, -0.05) is 29.0 Å². The van der Waals surface area contributed by atoms with Crippen molar-refractivity contribution in [2.24, 2.45) is 0 Å². The van der Waals surface area contributed by atoms with Gasteiger partial charge in [0.2, 0.25) is 21.8 Å². The lowest BCUT2D eigenvalue weighted by atomic mass is 10.2. The number of thiazole rings is 1. The number of carbonyl (C=O) groups excluding carboxylic acids is 2. The summed E-state index contributed by atoms with van der Waals surface area (Å²) in [6, 6.07) is 11.1. The van der Waals surface area contributed by atoms with E-state index < -0.39 is 22.0 Å². The van der Waals surface area contributed by atoms with Crippen LogP contribution in [-0.2, 0) is 19.6 Å². The number of nitrogens with one attached hydrogen (secondary N) is 2. The summed E-state index contributed by atoms with van der Waals surface area (Å²) in [6.45, 7) is 3.62. The summed E-state index contributed by atoms with van der Waals surface area (Å²) in [5.41, 5.74) is 2.30. The summed E-state index contributed by atoms with van der Waals surface area (Å²) in [7, 11) is -3.77. The van der Waals surface area contributed by atoms with Crippen LogP contribution in [0.5, 0.6) is 0 Å². The monoisotopic (exact) mass is 458 g/mol. The minimum Gasteiger partial charge on any atom is -0.326 e. The molecule has 0 saturated carbocycles. The number of hydrogen-bond donors (Lipinski definition) is 2. The van der Waals surface area contributed by atoms with Crippen molar-refractivity contribution in [1.29, 1.82) is 0 Å². The van der Waals surface area contributed by atoms with E-state index in [0.29, 0.717) is 35.7 Å². The molecule has 2 aromatic carbocycles. The van der Waals surface area contributed by atoms with Gasteiger partial charge in [0, 0.05) is 19.2 Å². The maximum atomic E-state index is 13.1. The highest BCUT2D eigenvalue weighted by Gasteiger charge is 2.39. The van der Waals surface area contributed by atoms with Crippen molar-refractivity contribution < 1.29 is 18.0 Å². The zero-order valence-electron chi connectivity index (χ0n) is 17.1. The molecule has 0 radical (unpaired) electrons.